The summed E-state index contributed by atoms with van der Waals surface area (Å²) in [6.07, 6.45) is 0. The zero-order valence-electron chi connectivity index (χ0n) is 10.7. The van der Waals surface area contributed by atoms with E-state index in [2.05, 4.69) is 10.6 Å². The van der Waals surface area contributed by atoms with Gasteiger partial charge in [-0.1, -0.05) is 30.3 Å². The second-order valence-electron chi connectivity index (χ2n) is 3.89. The fourth-order valence-electron chi connectivity index (χ4n) is 1.56. The lowest BCUT2D eigenvalue weighted by Crippen LogP contribution is -2.32. The van der Waals surface area contributed by atoms with Gasteiger partial charge in [0.1, 0.15) is 11.8 Å². The summed E-state index contributed by atoms with van der Waals surface area (Å²) >= 11 is 0. The third-order valence-corrected chi connectivity index (χ3v) is 2.51. The van der Waals surface area contributed by atoms with Crippen molar-refractivity contribution in [2.75, 3.05) is 12.0 Å². The molecule has 0 saturated heterocycles. The van der Waals surface area contributed by atoms with Crippen LogP contribution in [0.4, 0.5) is 10.5 Å². The van der Waals surface area contributed by atoms with Crippen LogP contribution in [0.3, 0.4) is 0 Å². The van der Waals surface area contributed by atoms with Gasteiger partial charge >= 0.3 is 6.03 Å². The van der Waals surface area contributed by atoms with Crippen molar-refractivity contribution in [3.8, 4) is 11.8 Å². The maximum atomic E-state index is 11.7. The zero-order valence-corrected chi connectivity index (χ0v) is 10.7. The van der Waals surface area contributed by atoms with Crippen LogP contribution in [0.2, 0.25) is 0 Å². The van der Waals surface area contributed by atoms with Crippen LogP contribution < -0.4 is 15.4 Å². The normalized spacial score (nSPS) is 9.35. The van der Waals surface area contributed by atoms with Crippen LogP contribution >= 0.6 is 0 Å². The van der Waals surface area contributed by atoms with Crippen molar-refractivity contribution in [1.82, 2.24) is 5.32 Å². The van der Waals surface area contributed by atoms with Gasteiger partial charge in [0.2, 0.25) is 0 Å². The minimum absolute atomic E-state index is 0.0462. The predicted molar refractivity (Wildman–Crippen MR) is 75.2 cm³/mol. The molecule has 0 unspecified atom stereocenters. The van der Waals surface area contributed by atoms with Crippen LogP contribution in [0.15, 0.2) is 54.6 Å². The van der Waals surface area contributed by atoms with Gasteiger partial charge in [0, 0.05) is 0 Å². The molecule has 0 radical (unpaired) electrons. The van der Waals surface area contributed by atoms with E-state index in [4.69, 9.17) is 10.00 Å². The first-order valence-electron chi connectivity index (χ1n) is 6.01. The zero-order chi connectivity index (χ0) is 14.2. The summed E-state index contributed by atoms with van der Waals surface area (Å²) in [5, 5.41) is 14.1. The van der Waals surface area contributed by atoms with Crippen molar-refractivity contribution in [2.45, 2.75) is 0 Å². The van der Waals surface area contributed by atoms with Crippen LogP contribution in [0, 0.1) is 11.3 Å². The van der Waals surface area contributed by atoms with Crippen molar-refractivity contribution >= 4 is 11.7 Å². The molecule has 2 amide bonds. The Balaban J connectivity index is 1.83. The number of hydrogen-bond acceptors (Lipinski definition) is 3. The molecular formula is C15H13N3O2. The van der Waals surface area contributed by atoms with Gasteiger partial charge in [0.15, 0.2) is 6.73 Å². The number of amides is 2. The van der Waals surface area contributed by atoms with Gasteiger partial charge < -0.3 is 15.4 Å². The van der Waals surface area contributed by atoms with Crippen LogP contribution in [0.5, 0.6) is 5.75 Å². The minimum Gasteiger partial charge on any atom is -0.473 e. The summed E-state index contributed by atoms with van der Waals surface area (Å²) in [6.45, 7) is 0.0462. The third-order valence-electron chi connectivity index (χ3n) is 2.51. The number of para-hydroxylation sites is 2. The van der Waals surface area contributed by atoms with Crippen LogP contribution in [0.25, 0.3) is 0 Å². The molecule has 0 bridgehead atoms. The highest BCUT2D eigenvalue weighted by molar-refractivity contribution is 5.90. The number of nitriles is 1. The number of hydrogen-bond donors (Lipinski definition) is 2. The van der Waals surface area contributed by atoms with E-state index in [0.29, 0.717) is 17.0 Å². The molecule has 2 N–H and O–H groups in total. The molecule has 0 aliphatic carbocycles. The molecule has 5 nitrogen and oxygen atoms in total. The molecule has 0 aliphatic rings. The van der Waals surface area contributed by atoms with E-state index < -0.39 is 6.03 Å². The van der Waals surface area contributed by atoms with Crippen LogP contribution in [-0.4, -0.2) is 12.8 Å². The Kier molecular flexibility index (Phi) is 4.57. The standard InChI is InChI=1S/C15H13N3O2/c16-10-12-6-4-5-9-14(12)18-15(19)17-11-20-13-7-2-1-3-8-13/h1-9H,11H2,(H2,17,18,19). The van der Waals surface area contributed by atoms with Gasteiger partial charge in [-0.25, -0.2) is 4.79 Å². The van der Waals surface area contributed by atoms with Crippen LogP contribution in [0.1, 0.15) is 5.56 Å². The van der Waals surface area contributed by atoms with E-state index >= 15 is 0 Å². The first kappa shape index (κ1) is 13.4. The average Bonchev–Trinajstić information content (AvgIpc) is 2.49. The predicted octanol–water partition coefficient (Wildman–Crippen LogP) is 2.72. The van der Waals surface area contributed by atoms with Gasteiger partial charge in [-0.15, -0.1) is 0 Å². The van der Waals surface area contributed by atoms with E-state index in [1.165, 1.54) is 0 Å². The molecule has 100 valence electrons. The van der Waals surface area contributed by atoms with E-state index in [1.54, 1.807) is 36.4 Å². The lowest BCUT2D eigenvalue weighted by atomic mass is 10.2. The highest BCUT2D eigenvalue weighted by Crippen LogP contribution is 2.13. The van der Waals surface area contributed by atoms with Gasteiger partial charge in [-0.05, 0) is 24.3 Å². The SMILES string of the molecule is N#Cc1ccccc1NC(=O)NCOc1ccccc1. The molecule has 0 aromatic heterocycles. The monoisotopic (exact) mass is 267 g/mol. The summed E-state index contributed by atoms with van der Waals surface area (Å²) in [7, 11) is 0. The Bertz CT molecular complexity index is 621. The van der Waals surface area contributed by atoms with E-state index in [-0.39, 0.29) is 6.73 Å². The van der Waals surface area contributed by atoms with E-state index in [1.807, 2.05) is 24.3 Å². The largest absolute Gasteiger partial charge is 0.473 e. The fourth-order valence-corrected chi connectivity index (χ4v) is 1.56. The molecule has 0 atom stereocenters. The summed E-state index contributed by atoms with van der Waals surface area (Å²) in [6, 6.07) is 17.5. The van der Waals surface area contributed by atoms with Gasteiger partial charge in [-0.2, -0.15) is 5.26 Å². The summed E-state index contributed by atoms with van der Waals surface area (Å²) < 4.78 is 5.33. The number of carbonyl (C=O) groups is 1. The Morgan fingerprint density at radius 3 is 2.55 bits per heavy atom. The van der Waals surface area contributed by atoms with Crippen molar-refractivity contribution in [3.05, 3.63) is 60.2 Å². The van der Waals surface area contributed by atoms with Crippen LogP contribution in [-0.2, 0) is 0 Å². The molecule has 0 spiro atoms. The number of urea groups is 1. The number of anilines is 1. The first-order chi connectivity index (χ1) is 9.79. The summed E-state index contributed by atoms with van der Waals surface area (Å²) in [5.41, 5.74) is 0.874. The Morgan fingerprint density at radius 2 is 1.80 bits per heavy atom. The average molecular weight is 267 g/mol. The van der Waals surface area contributed by atoms with Gasteiger partial charge in [-0.3, -0.25) is 0 Å². The molecule has 20 heavy (non-hydrogen) atoms. The molecule has 0 heterocycles. The van der Waals surface area contributed by atoms with Gasteiger partial charge in [0.05, 0.1) is 11.3 Å². The lowest BCUT2D eigenvalue weighted by molar-refractivity contribution is 0.234. The molecule has 2 aromatic rings. The Hall–Kier alpha value is -3.00. The quantitative estimate of drug-likeness (QED) is 0.836. The fraction of sp³-hybridized carbons (Fsp3) is 0.0667. The second kappa shape index (κ2) is 6.81. The molecule has 5 heteroatoms. The highest BCUT2D eigenvalue weighted by atomic mass is 16.5. The highest BCUT2D eigenvalue weighted by Gasteiger charge is 2.05. The van der Waals surface area contributed by atoms with Crippen molar-refractivity contribution in [2.24, 2.45) is 0 Å². The number of rotatable bonds is 4. The molecule has 2 aromatic carbocycles. The Morgan fingerprint density at radius 1 is 1.10 bits per heavy atom. The van der Waals surface area contributed by atoms with Crippen molar-refractivity contribution < 1.29 is 9.53 Å². The first-order valence-corrected chi connectivity index (χ1v) is 6.01. The van der Waals surface area contributed by atoms with E-state index in [9.17, 15) is 4.79 Å². The smallest absolute Gasteiger partial charge is 0.321 e. The maximum Gasteiger partial charge on any atom is 0.321 e. The van der Waals surface area contributed by atoms with E-state index in [0.717, 1.165) is 0 Å². The van der Waals surface area contributed by atoms with Crippen molar-refractivity contribution in [1.29, 1.82) is 5.26 Å². The molecule has 0 saturated carbocycles. The minimum atomic E-state index is -0.427. The number of nitrogens with zero attached hydrogens (tertiary/aromatic N) is 1. The third kappa shape index (κ3) is 3.75. The summed E-state index contributed by atoms with van der Waals surface area (Å²) in [5.74, 6) is 0.672. The lowest BCUT2D eigenvalue weighted by Gasteiger charge is -2.10. The maximum absolute atomic E-state index is 11.7. The Labute approximate surface area is 116 Å². The number of ether oxygens (including phenoxy) is 1. The molecule has 2 rings (SSSR count). The molecule has 0 aliphatic heterocycles. The number of carbonyl (C=O) groups excluding carboxylic acids is 1. The second-order valence-corrected chi connectivity index (χ2v) is 3.89. The number of benzene rings is 2. The van der Waals surface area contributed by atoms with Crippen molar-refractivity contribution in [3.63, 3.8) is 0 Å². The summed E-state index contributed by atoms with van der Waals surface area (Å²) in [4.78, 5) is 11.7. The molecular weight excluding hydrogens is 254 g/mol. The molecule has 0 fully saturated rings. The number of nitrogens with one attached hydrogen (secondary N) is 2. The topological polar surface area (TPSA) is 74.2 Å². The van der Waals surface area contributed by atoms with Gasteiger partial charge in [0.25, 0.3) is 0 Å².